The van der Waals surface area contributed by atoms with Crippen LogP contribution < -0.4 is 4.74 Å². The minimum atomic E-state index is -0.817. The number of phenolic OH excluding ortho intramolecular Hbond substituents is 1. The normalized spacial score (nSPS) is 12.1. The van der Waals surface area contributed by atoms with E-state index >= 15 is 0 Å². The van der Waals surface area contributed by atoms with Gasteiger partial charge in [-0.1, -0.05) is 19.1 Å². The van der Waals surface area contributed by atoms with Crippen molar-refractivity contribution in [3.8, 4) is 11.5 Å². The molecule has 1 unspecified atom stereocenters. The molecule has 0 amide bonds. The summed E-state index contributed by atoms with van der Waals surface area (Å²) in [5.74, 6) is -0.712. The molecule has 0 aliphatic heterocycles. The van der Waals surface area contributed by atoms with Crippen LogP contribution in [0.3, 0.4) is 0 Å². The van der Waals surface area contributed by atoms with Crippen LogP contribution in [0.5, 0.6) is 11.5 Å². The Morgan fingerprint density at radius 2 is 2.19 bits per heavy atom. The van der Waals surface area contributed by atoms with Gasteiger partial charge in [0.25, 0.3) is 0 Å². The van der Waals surface area contributed by atoms with Crippen LogP contribution in [0.4, 0.5) is 0 Å². The number of aryl methyl sites for hydroxylation is 1. The first-order valence-electron chi connectivity index (χ1n) is 5.14. The standard InChI is InChI=1S/C12H16O4/c1-8(12(14)15)6-7-9-4-3-5-10(16-2)11(9)13/h3-5,8,13H,6-7H2,1-2H3,(H,14,15). The summed E-state index contributed by atoms with van der Waals surface area (Å²) in [6.07, 6.45) is 1.02. The smallest absolute Gasteiger partial charge is 0.306 e. The Morgan fingerprint density at radius 1 is 1.50 bits per heavy atom. The van der Waals surface area contributed by atoms with Gasteiger partial charge in [0, 0.05) is 0 Å². The molecule has 1 rings (SSSR count). The molecule has 1 aromatic rings. The summed E-state index contributed by atoms with van der Waals surface area (Å²) in [6.45, 7) is 1.65. The van der Waals surface area contributed by atoms with Gasteiger partial charge in [-0.3, -0.25) is 4.79 Å². The second-order valence-electron chi connectivity index (χ2n) is 3.75. The summed E-state index contributed by atoms with van der Waals surface area (Å²) in [5.41, 5.74) is 0.715. The first-order chi connectivity index (χ1) is 7.56. The Kier molecular flexibility index (Phi) is 4.17. The van der Waals surface area contributed by atoms with Crippen molar-refractivity contribution in [2.24, 2.45) is 5.92 Å². The van der Waals surface area contributed by atoms with Crippen molar-refractivity contribution in [2.75, 3.05) is 7.11 Å². The number of phenols is 1. The molecule has 0 radical (unpaired) electrons. The number of rotatable bonds is 5. The summed E-state index contributed by atoms with van der Waals surface area (Å²) in [4.78, 5) is 10.6. The lowest BCUT2D eigenvalue weighted by molar-refractivity contribution is -0.141. The predicted octanol–water partition coefficient (Wildman–Crippen LogP) is 2.05. The van der Waals surface area contributed by atoms with Gasteiger partial charge in [0.2, 0.25) is 0 Å². The number of para-hydroxylation sites is 1. The van der Waals surface area contributed by atoms with Crippen molar-refractivity contribution in [2.45, 2.75) is 19.8 Å². The van der Waals surface area contributed by atoms with Crippen LogP contribution >= 0.6 is 0 Å². The Labute approximate surface area is 94.5 Å². The third-order valence-electron chi connectivity index (χ3n) is 2.57. The average Bonchev–Trinajstić information content (AvgIpc) is 2.27. The van der Waals surface area contributed by atoms with Crippen LogP contribution in [0.1, 0.15) is 18.9 Å². The number of ether oxygens (including phenoxy) is 1. The number of carbonyl (C=O) groups is 1. The minimum Gasteiger partial charge on any atom is -0.504 e. The van der Waals surface area contributed by atoms with E-state index in [-0.39, 0.29) is 5.75 Å². The number of carboxylic acids is 1. The van der Waals surface area contributed by atoms with Gasteiger partial charge in [0.15, 0.2) is 11.5 Å². The highest BCUT2D eigenvalue weighted by atomic mass is 16.5. The predicted molar refractivity (Wildman–Crippen MR) is 59.8 cm³/mol. The van der Waals surface area contributed by atoms with Crippen LogP contribution in [0, 0.1) is 5.92 Å². The van der Waals surface area contributed by atoms with E-state index < -0.39 is 11.9 Å². The molecule has 0 aliphatic rings. The number of carboxylic acid groups (broad SMARTS) is 1. The van der Waals surface area contributed by atoms with Crippen molar-refractivity contribution in [1.29, 1.82) is 0 Å². The van der Waals surface area contributed by atoms with Crippen LogP contribution in [0.2, 0.25) is 0 Å². The Bertz CT molecular complexity index is 373. The SMILES string of the molecule is COc1cccc(CCC(C)C(=O)O)c1O. The Balaban J connectivity index is 2.71. The molecule has 4 nitrogen and oxygen atoms in total. The number of methoxy groups -OCH3 is 1. The van der Waals surface area contributed by atoms with E-state index in [1.54, 1.807) is 25.1 Å². The van der Waals surface area contributed by atoms with E-state index in [4.69, 9.17) is 9.84 Å². The van der Waals surface area contributed by atoms with E-state index in [1.165, 1.54) is 7.11 Å². The molecule has 16 heavy (non-hydrogen) atoms. The van der Waals surface area contributed by atoms with Crippen LogP contribution in [-0.4, -0.2) is 23.3 Å². The zero-order valence-corrected chi connectivity index (χ0v) is 9.43. The number of hydrogen-bond donors (Lipinski definition) is 2. The molecule has 0 bridgehead atoms. The highest BCUT2D eigenvalue weighted by molar-refractivity contribution is 5.69. The molecule has 0 aliphatic carbocycles. The summed E-state index contributed by atoms with van der Waals surface area (Å²) in [6, 6.07) is 5.21. The largest absolute Gasteiger partial charge is 0.504 e. The third kappa shape index (κ3) is 2.89. The topological polar surface area (TPSA) is 66.8 Å². The highest BCUT2D eigenvalue weighted by Crippen LogP contribution is 2.30. The molecular weight excluding hydrogens is 208 g/mol. The van der Waals surface area contributed by atoms with Crippen LogP contribution in [0.15, 0.2) is 18.2 Å². The maximum Gasteiger partial charge on any atom is 0.306 e. The molecule has 1 atom stereocenters. The number of benzene rings is 1. The molecule has 1 aromatic carbocycles. The molecule has 0 fully saturated rings. The van der Waals surface area contributed by atoms with E-state index in [0.717, 1.165) is 0 Å². The molecule has 0 aromatic heterocycles. The van der Waals surface area contributed by atoms with Gasteiger partial charge in [-0.05, 0) is 24.5 Å². The van der Waals surface area contributed by atoms with E-state index in [0.29, 0.717) is 24.2 Å². The van der Waals surface area contributed by atoms with Gasteiger partial charge in [-0.2, -0.15) is 0 Å². The fraction of sp³-hybridized carbons (Fsp3) is 0.417. The number of aliphatic carboxylic acids is 1. The molecule has 0 saturated carbocycles. The first kappa shape index (κ1) is 12.4. The fourth-order valence-corrected chi connectivity index (χ4v) is 1.43. The molecule has 88 valence electrons. The average molecular weight is 224 g/mol. The van der Waals surface area contributed by atoms with Gasteiger partial charge >= 0.3 is 5.97 Å². The Hall–Kier alpha value is -1.71. The van der Waals surface area contributed by atoms with Gasteiger partial charge < -0.3 is 14.9 Å². The zero-order chi connectivity index (χ0) is 12.1. The molecule has 0 heterocycles. The third-order valence-corrected chi connectivity index (χ3v) is 2.57. The fourth-order valence-electron chi connectivity index (χ4n) is 1.43. The van der Waals surface area contributed by atoms with E-state index in [1.807, 2.05) is 0 Å². The number of aromatic hydroxyl groups is 1. The molecule has 0 spiro atoms. The summed E-state index contributed by atoms with van der Waals surface area (Å²) >= 11 is 0. The van der Waals surface area contributed by atoms with Gasteiger partial charge in [0.1, 0.15) is 0 Å². The monoisotopic (exact) mass is 224 g/mol. The maximum absolute atomic E-state index is 10.6. The second-order valence-corrected chi connectivity index (χ2v) is 3.75. The van der Waals surface area contributed by atoms with Crippen molar-refractivity contribution in [1.82, 2.24) is 0 Å². The first-order valence-corrected chi connectivity index (χ1v) is 5.14. The van der Waals surface area contributed by atoms with Crippen LogP contribution in [0.25, 0.3) is 0 Å². The van der Waals surface area contributed by atoms with Crippen molar-refractivity contribution >= 4 is 5.97 Å². The quantitative estimate of drug-likeness (QED) is 0.803. The Morgan fingerprint density at radius 3 is 2.75 bits per heavy atom. The lowest BCUT2D eigenvalue weighted by atomic mass is 10.0. The van der Waals surface area contributed by atoms with Crippen molar-refractivity contribution in [3.05, 3.63) is 23.8 Å². The van der Waals surface area contributed by atoms with Gasteiger partial charge in [-0.15, -0.1) is 0 Å². The lowest BCUT2D eigenvalue weighted by Crippen LogP contribution is -2.10. The highest BCUT2D eigenvalue weighted by Gasteiger charge is 2.13. The summed E-state index contributed by atoms with van der Waals surface area (Å²) in [7, 11) is 1.48. The maximum atomic E-state index is 10.6. The number of hydrogen-bond acceptors (Lipinski definition) is 3. The van der Waals surface area contributed by atoms with Crippen molar-refractivity contribution in [3.63, 3.8) is 0 Å². The minimum absolute atomic E-state index is 0.0996. The second kappa shape index (κ2) is 5.39. The van der Waals surface area contributed by atoms with Crippen molar-refractivity contribution < 1.29 is 19.7 Å². The molecular formula is C12H16O4. The molecule has 4 heteroatoms. The van der Waals surface area contributed by atoms with Gasteiger partial charge in [-0.25, -0.2) is 0 Å². The molecule has 2 N–H and O–H groups in total. The molecule has 0 saturated heterocycles. The van der Waals surface area contributed by atoms with Crippen LogP contribution in [-0.2, 0) is 11.2 Å². The van der Waals surface area contributed by atoms with E-state index in [9.17, 15) is 9.90 Å². The van der Waals surface area contributed by atoms with Gasteiger partial charge in [0.05, 0.1) is 13.0 Å². The van der Waals surface area contributed by atoms with E-state index in [2.05, 4.69) is 0 Å². The summed E-state index contributed by atoms with van der Waals surface area (Å²) in [5, 5.41) is 18.5. The lowest BCUT2D eigenvalue weighted by Gasteiger charge is -2.10. The zero-order valence-electron chi connectivity index (χ0n) is 9.43. The summed E-state index contributed by atoms with van der Waals surface area (Å²) < 4.78 is 4.97.